The van der Waals surface area contributed by atoms with Crippen LogP contribution in [0, 0.1) is 0 Å². The van der Waals surface area contributed by atoms with E-state index in [4.69, 9.17) is 11.6 Å². The molecule has 2 aromatic rings. The minimum atomic E-state index is -3.12. The monoisotopic (exact) mass is 476 g/mol. The van der Waals surface area contributed by atoms with Gasteiger partial charge >= 0.3 is 0 Å². The molecular weight excluding hydrogens is 448 g/mol. The van der Waals surface area contributed by atoms with Crippen LogP contribution in [0.3, 0.4) is 0 Å². The van der Waals surface area contributed by atoms with E-state index in [1.165, 1.54) is 0 Å². The fourth-order valence-corrected chi connectivity index (χ4v) is 5.92. The van der Waals surface area contributed by atoms with Gasteiger partial charge in [-0.1, -0.05) is 67.4 Å². The number of halogens is 1. The molecule has 2 amide bonds. The lowest BCUT2D eigenvalue weighted by Gasteiger charge is -2.30. The van der Waals surface area contributed by atoms with Crippen LogP contribution in [0.5, 0.6) is 0 Å². The zero-order valence-corrected chi connectivity index (χ0v) is 19.7. The molecule has 1 aliphatic rings. The number of unbranched alkanes of at least 4 members (excludes halogenated alkanes) is 1. The summed E-state index contributed by atoms with van der Waals surface area (Å²) in [5.41, 5.74) is 1.14. The molecule has 0 aliphatic carbocycles. The second kappa shape index (κ2) is 11.0. The van der Waals surface area contributed by atoms with Gasteiger partial charge in [-0.2, -0.15) is 0 Å². The third-order valence-electron chi connectivity index (χ3n) is 5.73. The second-order valence-corrected chi connectivity index (χ2v) is 10.8. The summed E-state index contributed by atoms with van der Waals surface area (Å²) in [4.78, 5) is 28.0. The molecule has 2 unspecified atom stereocenters. The van der Waals surface area contributed by atoms with Crippen LogP contribution in [0.15, 0.2) is 54.6 Å². The summed E-state index contributed by atoms with van der Waals surface area (Å²) < 4.78 is 24.0. The zero-order chi connectivity index (χ0) is 23.1. The summed E-state index contributed by atoms with van der Waals surface area (Å²) in [6.07, 6.45) is 2.19. The van der Waals surface area contributed by atoms with Crippen molar-refractivity contribution in [3.63, 3.8) is 0 Å². The number of carbonyl (C=O) groups excluding carboxylic acids is 2. The van der Waals surface area contributed by atoms with Gasteiger partial charge in [0.15, 0.2) is 9.84 Å². The van der Waals surface area contributed by atoms with Crippen molar-refractivity contribution in [2.75, 3.05) is 18.1 Å². The minimum absolute atomic E-state index is 0.00441. The number of carbonyl (C=O) groups is 2. The Morgan fingerprint density at radius 3 is 2.44 bits per heavy atom. The number of amides is 2. The Labute approximate surface area is 194 Å². The van der Waals surface area contributed by atoms with E-state index in [1.54, 1.807) is 29.2 Å². The number of hydrogen-bond donors (Lipinski definition) is 1. The Bertz CT molecular complexity index is 1040. The van der Waals surface area contributed by atoms with Crippen molar-refractivity contribution < 1.29 is 18.0 Å². The highest BCUT2D eigenvalue weighted by Crippen LogP contribution is 2.24. The molecule has 172 valence electrons. The van der Waals surface area contributed by atoms with Crippen LogP contribution in [-0.4, -0.2) is 49.2 Å². The summed E-state index contributed by atoms with van der Waals surface area (Å²) in [5.74, 6) is -0.404. The molecular formula is C24H29ClN2O4S. The molecule has 0 bridgehead atoms. The zero-order valence-electron chi connectivity index (χ0n) is 18.2. The van der Waals surface area contributed by atoms with Crippen LogP contribution in [0.4, 0.5) is 0 Å². The summed E-state index contributed by atoms with van der Waals surface area (Å²) in [5, 5.41) is 3.29. The average Bonchev–Trinajstić information content (AvgIpc) is 3.13. The van der Waals surface area contributed by atoms with Gasteiger partial charge in [0.1, 0.15) is 0 Å². The van der Waals surface area contributed by atoms with Crippen molar-refractivity contribution in [2.45, 2.75) is 44.7 Å². The predicted molar refractivity (Wildman–Crippen MR) is 126 cm³/mol. The van der Waals surface area contributed by atoms with Crippen LogP contribution in [-0.2, 0) is 14.6 Å². The first kappa shape index (κ1) is 24.3. The van der Waals surface area contributed by atoms with E-state index in [2.05, 4.69) is 5.32 Å². The maximum Gasteiger partial charge on any atom is 0.253 e. The van der Waals surface area contributed by atoms with E-state index in [-0.39, 0.29) is 35.8 Å². The molecule has 2 atom stereocenters. The number of hydrogen-bond acceptors (Lipinski definition) is 4. The van der Waals surface area contributed by atoms with E-state index in [9.17, 15) is 18.0 Å². The number of sulfone groups is 1. The van der Waals surface area contributed by atoms with Gasteiger partial charge in [0.25, 0.3) is 5.91 Å². The van der Waals surface area contributed by atoms with E-state index >= 15 is 0 Å². The van der Waals surface area contributed by atoms with E-state index in [0.29, 0.717) is 23.6 Å². The predicted octanol–water partition coefficient (Wildman–Crippen LogP) is 4.02. The smallest absolute Gasteiger partial charge is 0.253 e. The van der Waals surface area contributed by atoms with E-state index in [0.717, 1.165) is 18.4 Å². The molecule has 3 rings (SSSR count). The van der Waals surface area contributed by atoms with Crippen molar-refractivity contribution in [2.24, 2.45) is 0 Å². The number of nitrogens with zero attached hydrogens (tertiary/aromatic N) is 1. The Hall–Kier alpha value is -2.38. The molecule has 0 saturated carbocycles. The second-order valence-electron chi connectivity index (χ2n) is 8.12. The van der Waals surface area contributed by atoms with Gasteiger partial charge < -0.3 is 10.2 Å². The molecule has 1 fully saturated rings. The highest BCUT2D eigenvalue weighted by Gasteiger charge is 2.35. The first-order chi connectivity index (χ1) is 15.3. The molecule has 32 heavy (non-hydrogen) atoms. The van der Waals surface area contributed by atoms with Gasteiger partial charge in [0.2, 0.25) is 5.91 Å². The van der Waals surface area contributed by atoms with Gasteiger partial charge in [-0.3, -0.25) is 9.59 Å². The molecule has 0 radical (unpaired) electrons. The van der Waals surface area contributed by atoms with Crippen LogP contribution in [0.25, 0.3) is 0 Å². The van der Waals surface area contributed by atoms with Crippen LogP contribution in [0.1, 0.15) is 54.6 Å². The van der Waals surface area contributed by atoms with Crippen molar-refractivity contribution in [1.82, 2.24) is 10.2 Å². The van der Waals surface area contributed by atoms with Gasteiger partial charge in [0, 0.05) is 12.6 Å². The SMILES string of the molecule is CCCCN(C(=O)CC(NC(=O)c1ccccc1Cl)c1ccccc1)C1CCS(=O)(=O)C1. The van der Waals surface area contributed by atoms with Crippen molar-refractivity contribution >= 4 is 33.3 Å². The van der Waals surface area contributed by atoms with Crippen LogP contribution < -0.4 is 5.32 Å². The topological polar surface area (TPSA) is 83.6 Å². The lowest BCUT2D eigenvalue weighted by molar-refractivity contribution is -0.133. The van der Waals surface area contributed by atoms with E-state index < -0.39 is 15.9 Å². The molecule has 1 aliphatic heterocycles. The summed E-state index contributed by atoms with van der Waals surface area (Å²) in [6.45, 7) is 2.54. The number of nitrogens with one attached hydrogen (secondary N) is 1. The summed E-state index contributed by atoms with van der Waals surface area (Å²) in [7, 11) is -3.12. The number of rotatable bonds is 9. The Morgan fingerprint density at radius 2 is 1.81 bits per heavy atom. The molecule has 2 aromatic carbocycles. The Kier molecular flexibility index (Phi) is 8.32. The largest absolute Gasteiger partial charge is 0.345 e. The maximum atomic E-state index is 13.4. The molecule has 1 heterocycles. The third-order valence-corrected chi connectivity index (χ3v) is 7.81. The first-order valence-electron chi connectivity index (χ1n) is 10.9. The summed E-state index contributed by atoms with van der Waals surface area (Å²) >= 11 is 6.18. The fraction of sp³-hybridized carbons (Fsp3) is 0.417. The van der Waals surface area contributed by atoms with Crippen molar-refractivity contribution in [3.05, 3.63) is 70.7 Å². The lowest BCUT2D eigenvalue weighted by atomic mass is 10.0. The molecule has 0 aromatic heterocycles. The lowest BCUT2D eigenvalue weighted by Crippen LogP contribution is -2.43. The van der Waals surface area contributed by atoms with Crippen LogP contribution in [0.2, 0.25) is 5.02 Å². The van der Waals surface area contributed by atoms with Gasteiger partial charge in [-0.15, -0.1) is 0 Å². The third kappa shape index (κ3) is 6.33. The van der Waals surface area contributed by atoms with Gasteiger partial charge in [-0.25, -0.2) is 8.42 Å². The quantitative estimate of drug-likeness (QED) is 0.592. The molecule has 8 heteroatoms. The fourth-order valence-electron chi connectivity index (χ4n) is 3.97. The molecule has 1 N–H and O–H groups in total. The van der Waals surface area contributed by atoms with Crippen molar-refractivity contribution in [1.29, 1.82) is 0 Å². The van der Waals surface area contributed by atoms with E-state index in [1.807, 2.05) is 37.3 Å². The Morgan fingerprint density at radius 1 is 1.12 bits per heavy atom. The normalized spacial score (nSPS) is 18.1. The maximum absolute atomic E-state index is 13.4. The minimum Gasteiger partial charge on any atom is -0.345 e. The summed E-state index contributed by atoms with van der Waals surface area (Å²) in [6, 6.07) is 15.2. The average molecular weight is 477 g/mol. The van der Waals surface area contributed by atoms with Gasteiger partial charge in [-0.05, 0) is 30.5 Å². The first-order valence-corrected chi connectivity index (χ1v) is 13.1. The standard InChI is InChI=1S/C24H29ClN2O4S/c1-2-3-14-27(19-13-15-32(30,31)17-19)23(28)16-22(18-9-5-4-6-10-18)26-24(29)20-11-7-8-12-21(20)25/h4-12,19,22H,2-3,13-17H2,1H3,(H,26,29). The Balaban J connectivity index is 1.82. The highest BCUT2D eigenvalue weighted by molar-refractivity contribution is 7.91. The number of benzene rings is 2. The van der Waals surface area contributed by atoms with Crippen molar-refractivity contribution in [3.8, 4) is 0 Å². The molecule has 1 saturated heterocycles. The van der Waals surface area contributed by atoms with Crippen LogP contribution >= 0.6 is 11.6 Å². The molecule has 0 spiro atoms. The highest BCUT2D eigenvalue weighted by atomic mass is 35.5. The van der Waals surface area contributed by atoms with Gasteiger partial charge in [0.05, 0.1) is 34.6 Å². The molecule has 6 nitrogen and oxygen atoms in total.